The molecular weight excluding hydrogens is 202 g/mol. The topological polar surface area (TPSA) is 32.7 Å². The van der Waals surface area contributed by atoms with Crippen molar-refractivity contribution in [2.45, 2.75) is 19.6 Å². The van der Waals surface area contributed by atoms with Gasteiger partial charge in [-0.3, -0.25) is 4.90 Å². The molecule has 16 heavy (non-hydrogen) atoms. The summed E-state index contributed by atoms with van der Waals surface area (Å²) in [6.45, 7) is 6.47. The molecule has 1 saturated heterocycles. The lowest BCUT2D eigenvalue weighted by molar-refractivity contribution is 0.0342. The van der Waals surface area contributed by atoms with Crippen molar-refractivity contribution in [3.05, 3.63) is 35.4 Å². The van der Waals surface area contributed by atoms with E-state index in [0.717, 1.165) is 38.4 Å². The van der Waals surface area contributed by atoms with Gasteiger partial charge in [-0.05, 0) is 18.1 Å². The number of hydrogen-bond donors (Lipinski definition) is 1. The second kappa shape index (κ2) is 5.43. The maximum atomic E-state index is 9.41. The standard InChI is InChI=1S/C13H19NO2/c1-11(15)13-4-2-12(3-5-13)10-14-6-8-16-9-7-14/h2-5,11,15H,6-10H2,1H3. The van der Waals surface area contributed by atoms with Gasteiger partial charge < -0.3 is 9.84 Å². The van der Waals surface area contributed by atoms with E-state index in [1.807, 2.05) is 12.1 Å². The summed E-state index contributed by atoms with van der Waals surface area (Å²) >= 11 is 0. The van der Waals surface area contributed by atoms with Crippen LogP contribution in [0.5, 0.6) is 0 Å². The lowest BCUT2D eigenvalue weighted by atomic mass is 10.1. The number of benzene rings is 1. The lowest BCUT2D eigenvalue weighted by Gasteiger charge is -2.26. The minimum atomic E-state index is -0.377. The van der Waals surface area contributed by atoms with Gasteiger partial charge in [0, 0.05) is 19.6 Å². The van der Waals surface area contributed by atoms with Gasteiger partial charge in [-0.1, -0.05) is 24.3 Å². The molecule has 1 aromatic rings. The van der Waals surface area contributed by atoms with Crippen molar-refractivity contribution in [2.24, 2.45) is 0 Å². The molecule has 0 amide bonds. The van der Waals surface area contributed by atoms with E-state index in [0.29, 0.717) is 0 Å². The van der Waals surface area contributed by atoms with Crippen LogP contribution in [-0.2, 0) is 11.3 Å². The first-order valence-corrected chi connectivity index (χ1v) is 5.83. The fourth-order valence-corrected chi connectivity index (χ4v) is 1.92. The number of nitrogens with zero attached hydrogens (tertiary/aromatic N) is 1. The Morgan fingerprint density at radius 2 is 1.88 bits per heavy atom. The second-order valence-electron chi connectivity index (χ2n) is 4.31. The van der Waals surface area contributed by atoms with Gasteiger partial charge in [0.1, 0.15) is 0 Å². The molecule has 1 aliphatic heterocycles. The van der Waals surface area contributed by atoms with Gasteiger partial charge in [0.05, 0.1) is 19.3 Å². The van der Waals surface area contributed by atoms with Crippen molar-refractivity contribution in [2.75, 3.05) is 26.3 Å². The molecule has 1 heterocycles. The summed E-state index contributed by atoms with van der Waals surface area (Å²) in [5.74, 6) is 0. The van der Waals surface area contributed by atoms with Crippen LogP contribution in [0.25, 0.3) is 0 Å². The van der Waals surface area contributed by atoms with Crippen molar-refractivity contribution >= 4 is 0 Å². The summed E-state index contributed by atoms with van der Waals surface area (Å²) in [7, 11) is 0. The predicted octanol–water partition coefficient (Wildman–Crippen LogP) is 1.57. The Morgan fingerprint density at radius 3 is 2.44 bits per heavy atom. The summed E-state index contributed by atoms with van der Waals surface area (Å²) in [4.78, 5) is 2.39. The molecule has 1 aliphatic rings. The van der Waals surface area contributed by atoms with Gasteiger partial charge in [0.15, 0.2) is 0 Å². The number of hydrogen-bond acceptors (Lipinski definition) is 3. The molecule has 0 aliphatic carbocycles. The molecule has 1 fully saturated rings. The average molecular weight is 221 g/mol. The maximum Gasteiger partial charge on any atom is 0.0761 e. The van der Waals surface area contributed by atoms with Crippen molar-refractivity contribution < 1.29 is 9.84 Å². The van der Waals surface area contributed by atoms with E-state index in [1.54, 1.807) is 6.92 Å². The number of aliphatic hydroxyl groups is 1. The van der Waals surface area contributed by atoms with Crippen molar-refractivity contribution in [1.29, 1.82) is 0 Å². The molecule has 0 radical (unpaired) electrons. The zero-order valence-electron chi connectivity index (χ0n) is 9.72. The van der Waals surface area contributed by atoms with Crippen LogP contribution in [0.4, 0.5) is 0 Å². The molecule has 0 aromatic heterocycles. The third-order valence-electron chi connectivity index (χ3n) is 2.97. The fourth-order valence-electron chi connectivity index (χ4n) is 1.92. The number of rotatable bonds is 3. The summed E-state index contributed by atoms with van der Waals surface area (Å²) in [5.41, 5.74) is 2.28. The summed E-state index contributed by atoms with van der Waals surface area (Å²) in [6, 6.07) is 8.19. The SMILES string of the molecule is CC(O)c1ccc(CN2CCOCC2)cc1. The van der Waals surface area contributed by atoms with E-state index in [2.05, 4.69) is 17.0 Å². The zero-order chi connectivity index (χ0) is 11.4. The van der Waals surface area contributed by atoms with E-state index in [4.69, 9.17) is 4.74 Å². The molecule has 1 aromatic carbocycles. The monoisotopic (exact) mass is 221 g/mol. The molecule has 2 rings (SSSR count). The zero-order valence-corrected chi connectivity index (χ0v) is 9.72. The van der Waals surface area contributed by atoms with Crippen molar-refractivity contribution in [3.63, 3.8) is 0 Å². The van der Waals surface area contributed by atoms with Crippen LogP contribution in [0.1, 0.15) is 24.2 Å². The van der Waals surface area contributed by atoms with Gasteiger partial charge in [-0.25, -0.2) is 0 Å². The Kier molecular flexibility index (Phi) is 3.93. The predicted molar refractivity (Wildman–Crippen MR) is 63.2 cm³/mol. The van der Waals surface area contributed by atoms with Gasteiger partial charge in [-0.2, -0.15) is 0 Å². The molecule has 0 saturated carbocycles. The third kappa shape index (κ3) is 3.04. The Hall–Kier alpha value is -0.900. The van der Waals surface area contributed by atoms with Gasteiger partial charge >= 0.3 is 0 Å². The summed E-state index contributed by atoms with van der Waals surface area (Å²) < 4.78 is 5.31. The van der Waals surface area contributed by atoms with Crippen LogP contribution in [0.15, 0.2) is 24.3 Å². The number of aliphatic hydroxyl groups excluding tert-OH is 1. The Labute approximate surface area is 96.6 Å². The normalized spacial score (nSPS) is 19.6. The minimum absolute atomic E-state index is 0.377. The summed E-state index contributed by atoms with van der Waals surface area (Å²) in [5, 5.41) is 9.41. The molecule has 1 N–H and O–H groups in total. The molecular formula is C13H19NO2. The van der Waals surface area contributed by atoms with E-state index in [9.17, 15) is 5.11 Å². The van der Waals surface area contributed by atoms with Crippen LogP contribution in [-0.4, -0.2) is 36.3 Å². The quantitative estimate of drug-likeness (QED) is 0.841. The Morgan fingerprint density at radius 1 is 1.25 bits per heavy atom. The van der Waals surface area contributed by atoms with Crippen LogP contribution in [0.2, 0.25) is 0 Å². The number of ether oxygens (including phenoxy) is 1. The lowest BCUT2D eigenvalue weighted by Crippen LogP contribution is -2.35. The van der Waals surface area contributed by atoms with Crippen LogP contribution >= 0.6 is 0 Å². The molecule has 0 bridgehead atoms. The van der Waals surface area contributed by atoms with Gasteiger partial charge in [0.25, 0.3) is 0 Å². The van der Waals surface area contributed by atoms with Crippen LogP contribution in [0.3, 0.4) is 0 Å². The van der Waals surface area contributed by atoms with Crippen molar-refractivity contribution in [3.8, 4) is 0 Å². The Balaban J connectivity index is 1.93. The maximum absolute atomic E-state index is 9.41. The summed E-state index contributed by atoms with van der Waals surface area (Å²) in [6.07, 6.45) is -0.377. The van der Waals surface area contributed by atoms with E-state index in [1.165, 1.54) is 5.56 Å². The highest BCUT2D eigenvalue weighted by atomic mass is 16.5. The highest BCUT2D eigenvalue weighted by Crippen LogP contribution is 2.14. The number of morpholine rings is 1. The average Bonchev–Trinajstić information content (AvgIpc) is 2.31. The first kappa shape index (κ1) is 11.6. The van der Waals surface area contributed by atoms with E-state index < -0.39 is 0 Å². The molecule has 1 unspecified atom stereocenters. The fraction of sp³-hybridized carbons (Fsp3) is 0.538. The van der Waals surface area contributed by atoms with Crippen molar-refractivity contribution in [1.82, 2.24) is 4.90 Å². The van der Waals surface area contributed by atoms with Crippen LogP contribution in [0, 0.1) is 0 Å². The molecule has 0 spiro atoms. The highest BCUT2D eigenvalue weighted by Gasteiger charge is 2.10. The van der Waals surface area contributed by atoms with E-state index >= 15 is 0 Å². The molecule has 3 heteroatoms. The first-order valence-electron chi connectivity index (χ1n) is 5.83. The second-order valence-corrected chi connectivity index (χ2v) is 4.31. The van der Waals surface area contributed by atoms with E-state index in [-0.39, 0.29) is 6.10 Å². The van der Waals surface area contributed by atoms with Crippen LogP contribution < -0.4 is 0 Å². The Bertz CT molecular complexity index is 315. The van der Waals surface area contributed by atoms with Gasteiger partial charge in [-0.15, -0.1) is 0 Å². The first-order chi connectivity index (χ1) is 7.75. The third-order valence-corrected chi connectivity index (χ3v) is 2.97. The largest absolute Gasteiger partial charge is 0.389 e. The smallest absolute Gasteiger partial charge is 0.0761 e. The minimum Gasteiger partial charge on any atom is -0.389 e. The molecule has 88 valence electrons. The molecule has 3 nitrogen and oxygen atoms in total. The van der Waals surface area contributed by atoms with Gasteiger partial charge in [0.2, 0.25) is 0 Å². The highest BCUT2D eigenvalue weighted by molar-refractivity contribution is 5.23. The molecule has 1 atom stereocenters.